The van der Waals surface area contributed by atoms with Crippen molar-refractivity contribution in [2.24, 2.45) is 0 Å². The summed E-state index contributed by atoms with van der Waals surface area (Å²) in [6.07, 6.45) is 2.49. The van der Waals surface area contributed by atoms with E-state index in [0.29, 0.717) is 6.54 Å². The van der Waals surface area contributed by atoms with Gasteiger partial charge in [0.25, 0.3) is 0 Å². The van der Waals surface area contributed by atoms with Crippen molar-refractivity contribution in [2.75, 3.05) is 6.54 Å². The van der Waals surface area contributed by atoms with Crippen LogP contribution in [0.4, 0.5) is 4.79 Å². The number of hydrogen-bond acceptors (Lipinski definition) is 2. The highest BCUT2D eigenvalue weighted by molar-refractivity contribution is 5.74. The molecule has 0 bridgehead atoms. The Hall–Kier alpha value is -2.36. The fourth-order valence-corrected chi connectivity index (χ4v) is 1.92. The normalized spacial score (nSPS) is 11.7. The fraction of sp³-hybridized carbons (Fsp3) is 0.250. The Balaban J connectivity index is 1.73. The van der Waals surface area contributed by atoms with E-state index in [1.165, 1.54) is 0 Å². The van der Waals surface area contributed by atoms with Gasteiger partial charge in [-0.1, -0.05) is 36.4 Å². The zero-order valence-corrected chi connectivity index (χ0v) is 11.5. The second-order valence-corrected chi connectivity index (χ2v) is 4.60. The number of nitrogens with zero attached hydrogens (tertiary/aromatic N) is 1. The van der Waals surface area contributed by atoms with Gasteiger partial charge in [-0.15, -0.1) is 0 Å². The molecule has 2 N–H and O–H groups in total. The van der Waals surface area contributed by atoms with Gasteiger partial charge in [0.1, 0.15) is 0 Å². The summed E-state index contributed by atoms with van der Waals surface area (Å²) < 4.78 is 0. The number of amides is 2. The van der Waals surface area contributed by atoms with Crippen molar-refractivity contribution in [3.05, 3.63) is 66.0 Å². The van der Waals surface area contributed by atoms with Crippen molar-refractivity contribution in [3.63, 3.8) is 0 Å². The average Bonchev–Trinajstić information content (AvgIpc) is 2.49. The van der Waals surface area contributed by atoms with Gasteiger partial charge < -0.3 is 10.6 Å². The molecule has 1 aromatic carbocycles. The predicted octanol–water partition coefficient (Wildman–Crippen LogP) is 2.68. The van der Waals surface area contributed by atoms with Gasteiger partial charge in [0, 0.05) is 24.9 Å². The molecule has 4 heteroatoms. The summed E-state index contributed by atoms with van der Waals surface area (Å²) >= 11 is 0. The molecule has 20 heavy (non-hydrogen) atoms. The quantitative estimate of drug-likeness (QED) is 0.876. The highest BCUT2D eigenvalue weighted by atomic mass is 16.2. The maximum Gasteiger partial charge on any atom is 0.315 e. The third-order valence-corrected chi connectivity index (χ3v) is 3.04. The van der Waals surface area contributed by atoms with Crippen LogP contribution in [0.5, 0.6) is 0 Å². The molecule has 0 aliphatic heterocycles. The summed E-state index contributed by atoms with van der Waals surface area (Å²) in [6, 6.07) is 15.5. The summed E-state index contributed by atoms with van der Waals surface area (Å²) in [5, 5.41) is 5.75. The van der Waals surface area contributed by atoms with Crippen molar-refractivity contribution in [1.82, 2.24) is 15.6 Å². The molecule has 0 fully saturated rings. The Morgan fingerprint density at radius 1 is 1.15 bits per heavy atom. The summed E-state index contributed by atoms with van der Waals surface area (Å²) in [6.45, 7) is 2.54. The summed E-state index contributed by atoms with van der Waals surface area (Å²) in [4.78, 5) is 16.0. The van der Waals surface area contributed by atoms with Gasteiger partial charge in [0.15, 0.2) is 0 Å². The molecular weight excluding hydrogens is 250 g/mol. The van der Waals surface area contributed by atoms with Crippen molar-refractivity contribution < 1.29 is 4.79 Å². The molecular formula is C16H19N3O. The molecule has 0 saturated heterocycles. The Morgan fingerprint density at radius 2 is 1.90 bits per heavy atom. The third-order valence-electron chi connectivity index (χ3n) is 3.04. The molecule has 0 aliphatic rings. The smallest absolute Gasteiger partial charge is 0.315 e. The number of pyridine rings is 1. The van der Waals surface area contributed by atoms with Crippen LogP contribution >= 0.6 is 0 Å². The Labute approximate surface area is 119 Å². The maximum atomic E-state index is 11.8. The first kappa shape index (κ1) is 14.1. The highest BCUT2D eigenvalue weighted by Gasteiger charge is 2.08. The standard InChI is InChI=1S/C16H19N3O/c1-13(14-7-3-2-4-8-14)19-16(20)18-12-10-15-9-5-6-11-17-15/h2-9,11,13H,10,12H2,1H3,(H2,18,19,20). The number of urea groups is 1. The van der Waals surface area contributed by atoms with Crippen molar-refractivity contribution in [3.8, 4) is 0 Å². The van der Waals surface area contributed by atoms with E-state index in [1.807, 2.05) is 55.5 Å². The molecule has 1 atom stereocenters. The van der Waals surface area contributed by atoms with Crippen LogP contribution < -0.4 is 10.6 Å². The zero-order valence-electron chi connectivity index (χ0n) is 11.5. The van der Waals surface area contributed by atoms with E-state index in [1.54, 1.807) is 6.20 Å². The van der Waals surface area contributed by atoms with Crippen LogP contribution in [0.1, 0.15) is 24.2 Å². The largest absolute Gasteiger partial charge is 0.338 e. The number of nitrogens with one attached hydrogen (secondary N) is 2. The summed E-state index contributed by atoms with van der Waals surface area (Å²) in [5.41, 5.74) is 2.07. The summed E-state index contributed by atoms with van der Waals surface area (Å²) in [5.74, 6) is 0. The first-order chi connectivity index (χ1) is 9.75. The lowest BCUT2D eigenvalue weighted by molar-refractivity contribution is 0.238. The molecule has 2 amide bonds. The highest BCUT2D eigenvalue weighted by Crippen LogP contribution is 2.10. The molecule has 1 heterocycles. The third kappa shape index (κ3) is 4.39. The van der Waals surface area contributed by atoms with E-state index in [9.17, 15) is 4.79 Å². The molecule has 0 radical (unpaired) electrons. The fourth-order valence-electron chi connectivity index (χ4n) is 1.92. The van der Waals surface area contributed by atoms with Gasteiger partial charge in [0.05, 0.1) is 6.04 Å². The molecule has 0 spiro atoms. The van der Waals surface area contributed by atoms with Crippen molar-refractivity contribution in [2.45, 2.75) is 19.4 Å². The number of hydrogen-bond donors (Lipinski definition) is 2. The number of rotatable bonds is 5. The van der Waals surface area contributed by atoms with E-state index in [2.05, 4.69) is 15.6 Å². The van der Waals surface area contributed by atoms with E-state index >= 15 is 0 Å². The van der Waals surface area contributed by atoms with Crippen molar-refractivity contribution in [1.29, 1.82) is 0 Å². The van der Waals surface area contributed by atoms with E-state index < -0.39 is 0 Å². The molecule has 1 unspecified atom stereocenters. The minimum atomic E-state index is -0.155. The zero-order chi connectivity index (χ0) is 14.2. The van der Waals surface area contributed by atoms with Gasteiger partial charge in [-0.05, 0) is 24.6 Å². The van der Waals surface area contributed by atoms with Crippen LogP contribution in [0.15, 0.2) is 54.7 Å². The number of aromatic nitrogens is 1. The van der Waals surface area contributed by atoms with E-state index in [4.69, 9.17) is 0 Å². The molecule has 0 aliphatic carbocycles. The van der Waals surface area contributed by atoms with E-state index in [-0.39, 0.29) is 12.1 Å². The van der Waals surface area contributed by atoms with Crippen molar-refractivity contribution >= 4 is 6.03 Å². The average molecular weight is 269 g/mol. The SMILES string of the molecule is CC(NC(=O)NCCc1ccccn1)c1ccccc1. The first-order valence-electron chi connectivity index (χ1n) is 6.75. The van der Waals surface area contributed by atoms with Gasteiger partial charge in [-0.2, -0.15) is 0 Å². The molecule has 2 aromatic rings. The second kappa shape index (κ2) is 7.28. The van der Waals surface area contributed by atoms with Gasteiger partial charge in [-0.3, -0.25) is 4.98 Å². The summed E-state index contributed by atoms with van der Waals surface area (Å²) in [7, 11) is 0. The van der Waals surface area contributed by atoms with Gasteiger partial charge in [0.2, 0.25) is 0 Å². The number of benzene rings is 1. The molecule has 1 aromatic heterocycles. The number of carbonyl (C=O) groups excluding carboxylic acids is 1. The lowest BCUT2D eigenvalue weighted by Gasteiger charge is -2.14. The molecule has 104 valence electrons. The lowest BCUT2D eigenvalue weighted by Crippen LogP contribution is -2.38. The van der Waals surface area contributed by atoms with Crippen LogP contribution in [0.2, 0.25) is 0 Å². The minimum absolute atomic E-state index is 0.00829. The Bertz CT molecular complexity index is 528. The van der Waals surface area contributed by atoms with Crippen LogP contribution in [-0.4, -0.2) is 17.6 Å². The second-order valence-electron chi connectivity index (χ2n) is 4.60. The van der Waals surface area contributed by atoms with E-state index in [0.717, 1.165) is 17.7 Å². The van der Waals surface area contributed by atoms with Crippen LogP contribution in [-0.2, 0) is 6.42 Å². The molecule has 4 nitrogen and oxygen atoms in total. The van der Waals surface area contributed by atoms with Gasteiger partial charge >= 0.3 is 6.03 Å². The van der Waals surface area contributed by atoms with Gasteiger partial charge in [-0.25, -0.2) is 4.79 Å². The lowest BCUT2D eigenvalue weighted by atomic mass is 10.1. The Kier molecular flexibility index (Phi) is 5.12. The topological polar surface area (TPSA) is 54.0 Å². The van der Waals surface area contributed by atoms with Crippen LogP contribution in [0.3, 0.4) is 0 Å². The molecule has 2 rings (SSSR count). The van der Waals surface area contributed by atoms with Crippen LogP contribution in [0, 0.1) is 0 Å². The number of carbonyl (C=O) groups is 1. The predicted molar refractivity (Wildman–Crippen MR) is 79.3 cm³/mol. The maximum absolute atomic E-state index is 11.8. The monoisotopic (exact) mass is 269 g/mol. The molecule has 0 saturated carbocycles. The first-order valence-corrected chi connectivity index (χ1v) is 6.75. The minimum Gasteiger partial charge on any atom is -0.338 e. The Morgan fingerprint density at radius 3 is 2.60 bits per heavy atom. The van der Waals surface area contributed by atoms with Crippen LogP contribution in [0.25, 0.3) is 0 Å².